The van der Waals surface area contributed by atoms with Gasteiger partial charge in [0.15, 0.2) is 0 Å². The molecule has 0 radical (unpaired) electrons. The third-order valence-corrected chi connectivity index (χ3v) is 5.27. The molecule has 2 N–H and O–H groups in total. The van der Waals surface area contributed by atoms with Crippen molar-refractivity contribution in [1.29, 1.82) is 0 Å². The number of thioether (sulfide) groups is 1. The second-order valence-electron chi connectivity index (χ2n) is 6.33. The molecule has 1 aromatic carbocycles. The third kappa shape index (κ3) is 4.31. The van der Waals surface area contributed by atoms with Gasteiger partial charge in [0.25, 0.3) is 5.91 Å². The lowest BCUT2D eigenvalue weighted by Crippen LogP contribution is -2.50. The van der Waals surface area contributed by atoms with Crippen LogP contribution in [-0.2, 0) is 4.79 Å². The predicted molar refractivity (Wildman–Crippen MR) is 93.1 cm³/mol. The summed E-state index contributed by atoms with van der Waals surface area (Å²) in [7, 11) is 0. The SMILES string of the molecule is CC(C)C(C)NC(=O)C1CSCN1C(=O)c1ccc(C(=O)O)cc1F. The van der Waals surface area contributed by atoms with Crippen molar-refractivity contribution in [3.8, 4) is 0 Å². The van der Waals surface area contributed by atoms with E-state index >= 15 is 0 Å². The quantitative estimate of drug-likeness (QED) is 0.832. The molecule has 8 heteroatoms. The maximum absolute atomic E-state index is 14.1. The van der Waals surface area contributed by atoms with Crippen LogP contribution < -0.4 is 5.32 Å². The second-order valence-corrected chi connectivity index (χ2v) is 7.33. The topological polar surface area (TPSA) is 86.7 Å². The Kier molecular flexibility index (Phi) is 6.05. The molecule has 1 fully saturated rings. The number of carbonyl (C=O) groups is 3. The average molecular weight is 368 g/mol. The minimum absolute atomic E-state index is 0.0401. The molecular weight excluding hydrogens is 347 g/mol. The van der Waals surface area contributed by atoms with Crippen LogP contribution in [0, 0.1) is 11.7 Å². The zero-order chi connectivity index (χ0) is 18.7. The molecule has 2 unspecified atom stereocenters. The van der Waals surface area contributed by atoms with E-state index in [2.05, 4.69) is 5.32 Å². The summed E-state index contributed by atoms with van der Waals surface area (Å²) in [4.78, 5) is 37.3. The summed E-state index contributed by atoms with van der Waals surface area (Å²) >= 11 is 1.42. The highest BCUT2D eigenvalue weighted by molar-refractivity contribution is 7.99. The van der Waals surface area contributed by atoms with Crippen LogP contribution in [0.15, 0.2) is 18.2 Å². The van der Waals surface area contributed by atoms with Crippen molar-refractivity contribution in [2.75, 3.05) is 11.6 Å². The van der Waals surface area contributed by atoms with Gasteiger partial charge in [0.05, 0.1) is 17.0 Å². The van der Waals surface area contributed by atoms with Gasteiger partial charge < -0.3 is 15.3 Å². The minimum atomic E-state index is -1.27. The Hall–Kier alpha value is -2.09. The van der Waals surface area contributed by atoms with Crippen LogP contribution in [0.25, 0.3) is 0 Å². The fourth-order valence-corrected chi connectivity index (χ4v) is 3.48. The normalized spacial score (nSPS) is 18.3. The lowest BCUT2D eigenvalue weighted by Gasteiger charge is -2.26. The van der Waals surface area contributed by atoms with Gasteiger partial charge in [-0.25, -0.2) is 9.18 Å². The van der Waals surface area contributed by atoms with Crippen molar-refractivity contribution >= 4 is 29.5 Å². The maximum atomic E-state index is 14.1. The first-order valence-corrected chi connectivity index (χ1v) is 9.09. The molecule has 1 aromatic rings. The summed E-state index contributed by atoms with van der Waals surface area (Å²) in [6.07, 6.45) is 0. The van der Waals surface area contributed by atoms with Crippen LogP contribution in [0.4, 0.5) is 4.39 Å². The summed E-state index contributed by atoms with van der Waals surface area (Å²) in [5.74, 6) is -2.07. The summed E-state index contributed by atoms with van der Waals surface area (Å²) in [5, 5.41) is 11.8. The number of benzene rings is 1. The minimum Gasteiger partial charge on any atom is -0.478 e. The number of rotatable bonds is 5. The number of carboxylic acids is 1. The molecule has 0 aromatic heterocycles. The van der Waals surface area contributed by atoms with E-state index < -0.39 is 23.7 Å². The number of amides is 2. The summed E-state index contributed by atoms with van der Waals surface area (Å²) in [6.45, 7) is 5.86. The van der Waals surface area contributed by atoms with Crippen molar-refractivity contribution in [3.63, 3.8) is 0 Å². The van der Waals surface area contributed by atoms with Gasteiger partial charge in [-0.3, -0.25) is 9.59 Å². The fraction of sp³-hybridized carbons (Fsp3) is 0.471. The standard InChI is InChI=1S/C17H21FN2O4S/c1-9(2)10(3)19-15(21)14-7-25-8-20(14)16(22)12-5-4-11(17(23)24)6-13(12)18/h4-6,9-10,14H,7-8H2,1-3H3,(H,19,21)(H,23,24). The summed E-state index contributed by atoms with van der Waals surface area (Å²) in [5.41, 5.74) is -0.466. The molecule has 6 nitrogen and oxygen atoms in total. The van der Waals surface area contributed by atoms with E-state index in [9.17, 15) is 18.8 Å². The number of carboxylic acid groups (broad SMARTS) is 1. The third-order valence-electron chi connectivity index (χ3n) is 4.26. The first-order valence-electron chi connectivity index (χ1n) is 7.94. The van der Waals surface area contributed by atoms with Gasteiger partial charge >= 0.3 is 5.97 Å². The summed E-state index contributed by atoms with van der Waals surface area (Å²) in [6, 6.07) is 2.43. The molecule has 0 aliphatic carbocycles. The number of hydrogen-bond acceptors (Lipinski definition) is 4. The molecule has 1 aliphatic heterocycles. The lowest BCUT2D eigenvalue weighted by atomic mass is 10.1. The Labute approximate surface area is 149 Å². The van der Waals surface area contributed by atoms with Crippen LogP contribution in [0.2, 0.25) is 0 Å². The van der Waals surface area contributed by atoms with Crippen LogP contribution in [0.1, 0.15) is 41.5 Å². The number of nitrogens with zero attached hydrogens (tertiary/aromatic N) is 1. The molecule has 1 saturated heterocycles. The highest BCUT2D eigenvalue weighted by atomic mass is 32.2. The van der Waals surface area contributed by atoms with E-state index in [-0.39, 0.29) is 34.9 Å². The Morgan fingerprint density at radius 2 is 2.00 bits per heavy atom. The van der Waals surface area contributed by atoms with Crippen LogP contribution in [-0.4, -0.2) is 51.5 Å². The summed E-state index contributed by atoms with van der Waals surface area (Å²) < 4.78 is 14.1. The van der Waals surface area contributed by atoms with Gasteiger partial charge in [-0.2, -0.15) is 0 Å². The number of nitrogens with one attached hydrogen (secondary N) is 1. The largest absolute Gasteiger partial charge is 0.478 e. The Morgan fingerprint density at radius 1 is 1.32 bits per heavy atom. The second kappa shape index (κ2) is 7.86. The van der Waals surface area contributed by atoms with Gasteiger partial charge in [-0.15, -0.1) is 11.8 Å². The van der Waals surface area contributed by atoms with Crippen molar-refractivity contribution in [1.82, 2.24) is 10.2 Å². The number of halogens is 1. The molecule has 136 valence electrons. The van der Waals surface area contributed by atoms with E-state index in [1.807, 2.05) is 20.8 Å². The highest BCUT2D eigenvalue weighted by Crippen LogP contribution is 2.25. The van der Waals surface area contributed by atoms with Crippen molar-refractivity contribution in [2.24, 2.45) is 5.92 Å². The zero-order valence-electron chi connectivity index (χ0n) is 14.3. The molecule has 0 spiro atoms. The fourth-order valence-electron chi connectivity index (χ4n) is 2.32. The Morgan fingerprint density at radius 3 is 2.56 bits per heavy atom. The molecule has 1 aliphatic rings. The zero-order valence-corrected chi connectivity index (χ0v) is 15.1. The monoisotopic (exact) mass is 368 g/mol. The van der Waals surface area contributed by atoms with Gasteiger partial charge in [0.2, 0.25) is 5.91 Å². The number of hydrogen-bond donors (Lipinski definition) is 2. The average Bonchev–Trinajstić information content (AvgIpc) is 3.03. The van der Waals surface area contributed by atoms with Crippen LogP contribution >= 0.6 is 11.8 Å². The highest BCUT2D eigenvalue weighted by Gasteiger charge is 2.36. The molecule has 2 atom stereocenters. The molecule has 0 bridgehead atoms. The number of carbonyl (C=O) groups excluding carboxylic acids is 2. The van der Waals surface area contributed by atoms with E-state index in [0.29, 0.717) is 5.75 Å². The molecular formula is C17H21FN2O4S. The first kappa shape index (κ1) is 19.2. The van der Waals surface area contributed by atoms with Crippen molar-refractivity contribution < 1.29 is 23.9 Å². The molecule has 0 saturated carbocycles. The van der Waals surface area contributed by atoms with Gasteiger partial charge in [-0.1, -0.05) is 13.8 Å². The van der Waals surface area contributed by atoms with E-state index in [1.54, 1.807) is 0 Å². The molecule has 25 heavy (non-hydrogen) atoms. The molecule has 2 rings (SSSR count). The van der Waals surface area contributed by atoms with E-state index in [4.69, 9.17) is 5.11 Å². The molecule has 1 heterocycles. The van der Waals surface area contributed by atoms with Crippen LogP contribution in [0.3, 0.4) is 0 Å². The van der Waals surface area contributed by atoms with Crippen molar-refractivity contribution in [2.45, 2.75) is 32.9 Å². The Balaban J connectivity index is 2.18. The van der Waals surface area contributed by atoms with Crippen LogP contribution in [0.5, 0.6) is 0 Å². The van der Waals surface area contributed by atoms with E-state index in [0.717, 1.165) is 12.1 Å². The van der Waals surface area contributed by atoms with Gasteiger partial charge in [0.1, 0.15) is 11.9 Å². The van der Waals surface area contributed by atoms with Gasteiger partial charge in [0, 0.05) is 11.8 Å². The van der Waals surface area contributed by atoms with Crippen molar-refractivity contribution in [3.05, 3.63) is 35.1 Å². The van der Waals surface area contributed by atoms with E-state index in [1.165, 1.54) is 22.7 Å². The first-order chi connectivity index (χ1) is 11.7. The number of aromatic carboxylic acids is 1. The predicted octanol–water partition coefficient (Wildman–Crippen LogP) is 2.20. The smallest absolute Gasteiger partial charge is 0.335 e. The Bertz CT molecular complexity index is 695. The lowest BCUT2D eigenvalue weighted by molar-refractivity contribution is -0.125. The molecule has 2 amide bonds. The van der Waals surface area contributed by atoms with Gasteiger partial charge in [-0.05, 0) is 31.0 Å². The maximum Gasteiger partial charge on any atom is 0.335 e.